The maximum atomic E-state index is 13.2. The van der Waals surface area contributed by atoms with E-state index in [2.05, 4.69) is 5.10 Å². The third-order valence-electron chi connectivity index (χ3n) is 2.60. The van der Waals surface area contributed by atoms with E-state index in [1.165, 1.54) is 18.2 Å². The summed E-state index contributed by atoms with van der Waals surface area (Å²) < 4.78 is 51.6. The molecule has 2 aromatic rings. The molecule has 0 amide bonds. The number of hydrogen-bond donors (Lipinski definition) is 1. The van der Waals surface area contributed by atoms with Crippen molar-refractivity contribution in [3.8, 4) is 0 Å². The maximum absolute atomic E-state index is 13.2. The summed E-state index contributed by atoms with van der Waals surface area (Å²) in [7, 11) is 0. The highest BCUT2D eigenvalue weighted by atomic mass is 32.1. The van der Waals surface area contributed by atoms with Gasteiger partial charge in [0.25, 0.3) is 0 Å². The minimum atomic E-state index is -4.51. The molecular formula is C12H9F4N3S. The molecule has 0 bridgehead atoms. The van der Waals surface area contributed by atoms with Crippen LogP contribution in [0, 0.1) is 5.82 Å². The fourth-order valence-corrected chi connectivity index (χ4v) is 1.91. The highest BCUT2D eigenvalue weighted by molar-refractivity contribution is 7.80. The van der Waals surface area contributed by atoms with Crippen LogP contribution < -0.4 is 5.73 Å². The Labute approximate surface area is 117 Å². The van der Waals surface area contributed by atoms with E-state index in [0.29, 0.717) is 11.1 Å². The van der Waals surface area contributed by atoms with E-state index >= 15 is 0 Å². The largest absolute Gasteiger partial charge is 0.435 e. The van der Waals surface area contributed by atoms with Crippen LogP contribution in [-0.2, 0) is 12.7 Å². The van der Waals surface area contributed by atoms with Gasteiger partial charge in [0.15, 0.2) is 5.69 Å². The quantitative estimate of drug-likeness (QED) is 0.700. The van der Waals surface area contributed by atoms with Crippen LogP contribution in [0.25, 0.3) is 0 Å². The first-order valence-corrected chi connectivity index (χ1v) is 5.87. The third-order valence-corrected chi connectivity index (χ3v) is 2.82. The number of benzene rings is 1. The van der Waals surface area contributed by atoms with Crippen molar-refractivity contribution in [1.82, 2.24) is 9.78 Å². The summed E-state index contributed by atoms with van der Waals surface area (Å²) in [6.45, 7) is -0.0550. The van der Waals surface area contributed by atoms with Crippen molar-refractivity contribution in [2.24, 2.45) is 5.73 Å². The minimum Gasteiger partial charge on any atom is -0.389 e. The Balaban J connectivity index is 2.32. The Morgan fingerprint density at radius 2 is 2.00 bits per heavy atom. The Hall–Kier alpha value is -1.96. The van der Waals surface area contributed by atoms with E-state index in [1.54, 1.807) is 0 Å². The number of nitrogens with two attached hydrogens (primary N) is 1. The van der Waals surface area contributed by atoms with Gasteiger partial charge in [-0.05, 0) is 29.8 Å². The number of nitrogens with zero attached hydrogens (tertiary/aromatic N) is 2. The van der Waals surface area contributed by atoms with Crippen LogP contribution in [0.1, 0.15) is 16.8 Å². The van der Waals surface area contributed by atoms with E-state index in [9.17, 15) is 17.6 Å². The number of rotatable bonds is 3. The van der Waals surface area contributed by atoms with Gasteiger partial charge in [-0.25, -0.2) is 4.39 Å². The Kier molecular flexibility index (Phi) is 3.76. The first-order chi connectivity index (χ1) is 9.27. The van der Waals surface area contributed by atoms with Gasteiger partial charge in [0.1, 0.15) is 10.8 Å². The summed E-state index contributed by atoms with van der Waals surface area (Å²) in [5.41, 5.74) is 5.26. The first kappa shape index (κ1) is 14.4. The Morgan fingerprint density at radius 3 is 2.55 bits per heavy atom. The predicted octanol–water partition coefficient (Wildman–Crippen LogP) is 2.72. The van der Waals surface area contributed by atoms with Gasteiger partial charge in [-0.3, -0.25) is 4.68 Å². The van der Waals surface area contributed by atoms with Gasteiger partial charge in [-0.15, -0.1) is 0 Å². The van der Waals surface area contributed by atoms with E-state index in [0.717, 1.165) is 16.9 Å². The topological polar surface area (TPSA) is 43.8 Å². The van der Waals surface area contributed by atoms with E-state index < -0.39 is 17.7 Å². The molecule has 0 saturated carbocycles. The van der Waals surface area contributed by atoms with Gasteiger partial charge in [0, 0.05) is 11.8 Å². The molecule has 0 unspecified atom stereocenters. The number of aromatic nitrogens is 2. The molecule has 2 rings (SSSR count). The molecule has 0 spiro atoms. The molecule has 0 atom stereocenters. The molecule has 0 aliphatic rings. The smallest absolute Gasteiger partial charge is 0.389 e. The van der Waals surface area contributed by atoms with Crippen LogP contribution in [0.15, 0.2) is 30.5 Å². The van der Waals surface area contributed by atoms with Gasteiger partial charge >= 0.3 is 6.18 Å². The molecule has 0 aliphatic carbocycles. The second-order valence-electron chi connectivity index (χ2n) is 4.06. The monoisotopic (exact) mass is 303 g/mol. The highest BCUT2D eigenvalue weighted by Crippen LogP contribution is 2.27. The normalized spacial score (nSPS) is 11.6. The molecule has 20 heavy (non-hydrogen) atoms. The summed E-state index contributed by atoms with van der Waals surface area (Å²) in [5.74, 6) is -0.525. The number of thiocarbonyl (C=S) groups is 1. The van der Waals surface area contributed by atoms with Gasteiger partial charge in [-0.2, -0.15) is 18.3 Å². The van der Waals surface area contributed by atoms with Gasteiger partial charge in [0.05, 0.1) is 6.54 Å². The number of alkyl halides is 3. The first-order valence-electron chi connectivity index (χ1n) is 5.46. The summed E-state index contributed by atoms with van der Waals surface area (Å²) in [6.07, 6.45) is -3.35. The van der Waals surface area contributed by atoms with Crippen molar-refractivity contribution >= 4 is 17.2 Å². The lowest BCUT2D eigenvalue weighted by Gasteiger charge is -2.09. The fraction of sp³-hybridized carbons (Fsp3) is 0.167. The summed E-state index contributed by atoms with van der Waals surface area (Å²) >= 11 is 4.82. The van der Waals surface area contributed by atoms with Crippen molar-refractivity contribution in [2.45, 2.75) is 12.7 Å². The van der Waals surface area contributed by atoms with E-state index in [1.807, 2.05) is 0 Å². The van der Waals surface area contributed by atoms with Crippen molar-refractivity contribution in [1.29, 1.82) is 0 Å². The molecule has 0 radical (unpaired) electrons. The van der Waals surface area contributed by atoms with Crippen molar-refractivity contribution in [3.63, 3.8) is 0 Å². The molecule has 1 aromatic carbocycles. The zero-order chi connectivity index (χ0) is 14.9. The minimum absolute atomic E-state index is 0.0446. The SMILES string of the molecule is NC(=S)c1ccc(F)cc1Cn1ccc(C(F)(F)F)n1. The van der Waals surface area contributed by atoms with Crippen LogP contribution in [0.2, 0.25) is 0 Å². The molecular weight excluding hydrogens is 294 g/mol. The lowest BCUT2D eigenvalue weighted by Crippen LogP contribution is -2.15. The van der Waals surface area contributed by atoms with Crippen molar-refractivity contribution in [3.05, 3.63) is 53.1 Å². The zero-order valence-corrected chi connectivity index (χ0v) is 10.8. The van der Waals surface area contributed by atoms with Crippen LogP contribution in [0.3, 0.4) is 0 Å². The summed E-state index contributed by atoms with van der Waals surface area (Å²) in [6, 6.07) is 4.59. The standard InChI is InChI=1S/C12H9F4N3S/c13-8-1-2-9(11(17)20)7(5-8)6-19-4-3-10(18-19)12(14,15)16/h1-5H,6H2,(H2,17,20). The van der Waals surface area contributed by atoms with Crippen LogP contribution in [0.5, 0.6) is 0 Å². The summed E-state index contributed by atoms with van der Waals surface area (Å²) in [5, 5.41) is 3.39. The Morgan fingerprint density at radius 1 is 1.30 bits per heavy atom. The maximum Gasteiger partial charge on any atom is 0.435 e. The van der Waals surface area contributed by atoms with Crippen LogP contribution in [0.4, 0.5) is 17.6 Å². The van der Waals surface area contributed by atoms with Gasteiger partial charge in [-0.1, -0.05) is 12.2 Å². The molecule has 106 valence electrons. The van der Waals surface area contributed by atoms with E-state index in [4.69, 9.17) is 18.0 Å². The molecule has 3 nitrogen and oxygen atoms in total. The highest BCUT2D eigenvalue weighted by Gasteiger charge is 2.33. The average molecular weight is 303 g/mol. The van der Waals surface area contributed by atoms with E-state index in [-0.39, 0.29) is 11.5 Å². The second kappa shape index (κ2) is 5.20. The van der Waals surface area contributed by atoms with Crippen molar-refractivity contribution < 1.29 is 17.6 Å². The van der Waals surface area contributed by atoms with Gasteiger partial charge < -0.3 is 5.73 Å². The number of hydrogen-bond acceptors (Lipinski definition) is 2. The molecule has 1 aromatic heterocycles. The zero-order valence-electron chi connectivity index (χ0n) is 9.99. The van der Waals surface area contributed by atoms with Gasteiger partial charge in [0.2, 0.25) is 0 Å². The lowest BCUT2D eigenvalue weighted by atomic mass is 10.1. The predicted molar refractivity (Wildman–Crippen MR) is 68.6 cm³/mol. The molecule has 1 heterocycles. The molecule has 0 aliphatic heterocycles. The number of halogens is 4. The average Bonchev–Trinajstić information content (AvgIpc) is 2.76. The molecule has 0 saturated heterocycles. The van der Waals surface area contributed by atoms with Crippen LogP contribution in [-0.4, -0.2) is 14.8 Å². The third kappa shape index (κ3) is 3.13. The van der Waals surface area contributed by atoms with Crippen molar-refractivity contribution in [2.75, 3.05) is 0 Å². The Bertz CT molecular complexity index is 648. The summed E-state index contributed by atoms with van der Waals surface area (Å²) in [4.78, 5) is 0.0446. The van der Waals surface area contributed by atoms with Crippen LogP contribution >= 0.6 is 12.2 Å². The lowest BCUT2D eigenvalue weighted by molar-refractivity contribution is -0.141. The molecule has 8 heteroatoms. The second-order valence-corrected chi connectivity index (χ2v) is 4.50. The molecule has 2 N–H and O–H groups in total. The fourth-order valence-electron chi connectivity index (χ4n) is 1.71. The molecule has 0 fully saturated rings.